The highest BCUT2D eigenvalue weighted by Crippen LogP contribution is 2.45. The van der Waals surface area contributed by atoms with Gasteiger partial charge < -0.3 is 9.79 Å². The second-order valence-electron chi connectivity index (χ2n) is 3.15. The molecule has 0 aromatic carbocycles. The van der Waals surface area contributed by atoms with Gasteiger partial charge in [-0.15, -0.1) is 0 Å². The molecule has 0 aromatic heterocycles. The third-order valence-electron chi connectivity index (χ3n) is 2.09. The smallest absolute Gasteiger partial charge is 0.324 e. The molecule has 12 heavy (non-hydrogen) atoms. The summed E-state index contributed by atoms with van der Waals surface area (Å²) in [6, 6.07) is 0. The van der Waals surface area contributed by atoms with E-state index in [0.29, 0.717) is 12.8 Å². The van der Waals surface area contributed by atoms with E-state index in [1.807, 2.05) is 6.92 Å². The van der Waals surface area contributed by atoms with E-state index < -0.39 is 13.3 Å². The van der Waals surface area contributed by atoms with Gasteiger partial charge >= 0.3 is 7.60 Å². The van der Waals surface area contributed by atoms with Gasteiger partial charge in [0.05, 0.1) is 5.66 Å². The van der Waals surface area contributed by atoms with Gasteiger partial charge in [0.1, 0.15) is 0 Å². The number of rotatable bonds is 6. The Morgan fingerprint density at radius 2 is 1.83 bits per heavy atom. The number of hydrogen-bond acceptors (Lipinski definition) is 1. The van der Waals surface area contributed by atoms with Crippen LogP contribution in [0.5, 0.6) is 0 Å². The molecule has 4 heteroatoms. The summed E-state index contributed by atoms with van der Waals surface area (Å²) in [6.45, 7) is 3.91. The molecule has 0 rings (SSSR count). The Hall–Kier alpha value is 0.150. The van der Waals surface area contributed by atoms with Crippen LogP contribution in [0.2, 0.25) is 0 Å². The molecule has 0 saturated carbocycles. The number of unbranched alkanes of at least 4 members (excludes halogenated alkanes) is 2. The highest BCUT2D eigenvalue weighted by Gasteiger charge is 2.25. The van der Waals surface area contributed by atoms with Crippen molar-refractivity contribution in [3.05, 3.63) is 0 Å². The molecule has 0 aliphatic rings. The molecule has 1 atom stereocenters. The van der Waals surface area contributed by atoms with Crippen molar-refractivity contribution in [1.29, 1.82) is 0 Å². The minimum Gasteiger partial charge on any atom is -0.324 e. The van der Waals surface area contributed by atoms with Gasteiger partial charge in [0.2, 0.25) is 0 Å². The van der Waals surface area contributed by atoms with Crippen LogP contribution >= 0.6 is 7.60 Å². The first-order chi connectivity index (χ1) is 5.52. The molecule has 0 radical (unpaired) electrons. The van der Waals surface area contributed by atoms with Crippen LogP contribution in [-0.2, 0) is 4.57 Å². The summed E-state index contributed by atoms with van der Waals surface area (Å²) >= 11 is 0. The second kappa shape index (κ2) is 5.74. The minimum atomic E-state index is -3.82. The van der Waals surface area contributed by atoms with Crippen LogP contribution in [0.1, 0.15) is 46.0 Å². The zero-order chi connectivity index (χ0) is 9.61. The zero-order valence-corrected chi connectivity index (χ0v) is 8.76. The van der Waals surface area contributed by atoms with E-state index in [0.717, 1.165) is 19.3 Å². The van der Waals surface area contributed by atoms with E-state index in [9.17, 15) is 4.57 Å². The predicted octanol–water partition coefficient (Wildman–Crippen LogP) is 2.52. The molecule has 0 fully saturated rings. The van der Waals surface area contributed by atoms with Gasteiger partial charge in [-0.2, -0.15) is 0 Å². The summed E-state index contributed by atoms with van der Waals surface area (Å²) in [5, 5.41) is 0. The van der Waals surface area contributed by atoms with E-state index in [-0.39, 0.29) is 0 Å². The standard InChI is InChI=1S/C8H19O3P/c1-3-5-6-7-8(4-2)12(9,10)11/h8H,3-7H2,1-2H3,(H2,9,10,11). The highest BCUT2D eigenvalue weighted by atomic mass is 31.2. The lowest BCUT2D eigenvalue weighted by Gasteiger charge is -2.15. The molecular weight excluding hydrogens is 175 g/mol. The predicted molar refractivity (Wildman–Crippen MR) is 50.3 cm³/mol. The van der Waals surface area contributed by atoms with Gasteiger partial charge in [-0.25, -0.2) is 0 Å². The van der Waals surface area contributed by atoms with E-state index in [4.69, 9.17) is 9.79 Å². The monoisotopic (exact) mass is 194 g/mol. The maximum atomic E-state index is 10.9. The Balaban J connectivity index is 3.77. The zero-order valence-electron chi connectivity index (χ0n) is 7.86. The Morgan fingerprint density at radius 1 is 1.25 bits per heavy atom. The molecule has 1 unspecified atom stereocenters. The van der Waals surface area contributed by atoms with Gasteiger partial charge in [0, 0.05) is 0 Å². The fraction of sp³-hybridized carbons (Fsp3) is 1.00. The maximum absolute atomic E-state index is 10.9. The molecule has 0 saturated heterocycles. The molecule has 2 N–H and O–H groups in total. The van der Waals surface area contributed by atoms with Crippen LogP contribution in [0, 0.1) is 0 Å². The highest BCUT2D eigenvalue weighted by molar-refractivity contribution is 7.52. The van der Waals surface area contributed by atoms with Crippen molar-refractivity contribution in [3.8, 4) is 0 Å². The largest absolute Gasteiger partial charge is 0.328 e. The van der Waals surface area contributed by atoms with E-state index in [2.05, 4.69) is 6.92 Å². The van der Waals surface area contributed by atoms with Crippen LogP contribution < -0.4 is 0 Å². The topological polar surface area (TPSA) is 57.5 Å². The molecule has 0 aliphatic heterocycles. The maximum Gasteiger partial charge on any atom is 0.328 e. The fourth-order valence-corrected chi connectivity index (χ4v) is 2.23. The van der Waals surface area contributed by atoms with Crippen molar-refractivity contribution in [2.24, 2.45) is 0 Å². The second-order valence-corrected chi connectivity index (χ2v) is 5.06. The Morgan fingerprint density at radius 3 is 2.17 bits per heavy atom. The third-order valence-corrected chi connectivity index (χ3v) is 3.66. The molecule has 0 spiro atoms. The SMILES string of the molecule is CCCCCC(CC)P(=O)(O)O. The van der Waals surface area contributed by atoms with Gasteiger partial charge in [-0.1, -0.05) is 33.1 Å². The molecule has 74 valence electrons. The van der Waals surface area contributed by atoms with Crippen LogP contribution in [0.25, 0.3) is 0 Å². The lowest BCUT2D eigenvalue weighted by atomic mass is 10.1. The molecular formula is C8H19O3P. The lowest BCUT2D eigenvalue weighted by molar-refractivity contribution is 0.350. The first-order valence-corrected chi connectivity index (χ1v) is 6.25. The van der Waals surface area contributed by atoms with Crippen molar-refractivity contribution in [1.82, 2.24) is 0 Å². The third kappa shape index (κ3) is 4.91. The van der Waals surface area contributed by atoms with Crippen molar-refractivity contribution in [2.45, 2.75) is 51.6 Å². The Bertz CT molecular complexity index is 152. The van der Waals surface area contributed by atoms with Crippen molar-refractivity contribution in [3.63, 3.8) is 0 Å². The summed E-state index contributed by atoms with van der Waals surface area (Å²) in [4.78, 5) is 17.8. The average Bonchev–Trinajstić information content (AvgIpc) is 1.95. The van der Waals surface area contributed by atoms with Gasteiger partial charge in [0.25, 0.3) is 0 Å². The van der Waals surface area contributed by atoms with Gasteiger partial charge in [0.15, 0.2) is 0 Å². The van der Waals surface area contributed by atoms with Crippen molar-refractivity contribution >= 4 is 7.60 Å². The first kappa shape index (κ1) is 12.2. The minimum absolute atomic E-state index is 0.413. The fourth-order valence-electron chi connectivity index (χ4n) is 1.24. The molecule has 0 amide bonds. The van der Waals surface area contributed by atoms with Crippen LogP contribution in [0.4, 0.5) is 0 Å². The van der Waals surface area contributed by atoms with Crippen LogP contribution in [0.15, 0.2) is 0 Å². The lowest BCUT2D eigenvalue weighted by Crippen LogP contribution is -2.06. The molecule has 0 bridgehead atoms. The number of hydrogen-bond donors (Lipinski definition) is 2. The molecule has 3 nitrogen and oxygen atoms in total. The van der Waals surface area contributed by atoms with Crippen molar-refractivity contribution < 1.29 is 14.4 Å². The van der Waals surface area contributed by atoms with E-state index >= 15 is 0 Å². The van der Waals surface area contributed by atoms with Crippen LogP contribution in [-0.4, -0.2) is 15.4 Å². The normalized spacial score (nSPS) is 14.7. The Labute approximate surface area is 74.3 Å². The average molecular weight is 194 g/mol. The van der Waals surface area contributed by atoms with Crippen LogP contribution in [0.3, 0.4) is 0 Å². The summed E-state index contributed by atoms with van der Waals surface area (Å²) in [5.74, 6) is 0. The first-order valence-electron chi connectivity index (χ1n) is 4.57. The summed E-state index contributed by atoms with van der Waals surface area (Å²) in [7, 11) is -3.82. The molecule has 0 aromatic rings. The van der Waals surface area contributed by atoms with E-state index in [1.165, 1.54) is 0 Å². The van der Waals surface area contributed by atoms with Crippen molar-refractivity contribution in [2.75, 3.05) is 0 Å². The van der Waals surface area contributed by atoms with E-state index in [1.54, 1.807) is 0 Å². The molecule has 0 aliphatic carbocycles. The summed E-state index contributed by atoms with van der Waals surface area (Å²) < 4.78 is 10.9. The molecule has 0 heterocycles. The summed E-state index contributed by atoms with van der Waals surface area (Å²) in [6.07, 6.45) is 4.33. The van der Waals surface area contributed by atoms with Gasteiger partial charge in [-0.05, 0) is 12.8 Å². The van der Waals surface area contributed by atoms with Gasteiger partial charge in [-0.3, -0.25) is 4.57 Å². The Kier molecular flexibility index (Phi) is 5.81. The summed E-state index contributed by atoms with van der Waals surface area (Å²) in [5.41, 5.74) is -0.413. The quantitative estimate of drug-likeness (QED) is 0.504.